The molecule has 0 aromatic heterocycles. The summed E-state index contributed by atoms with van der Waals surface area (Å²) in [5.74, 6) is 0.706. The Hall–Kier alpha value is -0.120. The molecule has 1 N–H and O–H groups in total. The Morgan fingerprint density at radius 3 is 2.75 bits per heavy atom. The van der Waals surface area contributed by atoms with Gasteiger partial charge in [0.25, 0.3) is 0 Å². The van der Waals surface area contributed by atoms with Crippen LogP contribution in [0, 0.1) is 5.92 Å². The van der Waals surface area contributed by atoms with Gasteiger partial charge in [-0.2, -0.15) is 0 Å². The van der Waals surface area contributed by atoms with Crippen LogP contribution in [-0.4, -0.2) is 48.8 Å². The van der Waals surface area contributed by atoms with Crippen LogP contribution in [0.1, 0.15) is 34.1 Å². The van der Waals surface area contributed by atoms with Gasteiger partial charge < -0.3 is 10.1 Å². The van der Waals surface area contributed by atoms with E-state index in [4.69, 9.17) is 4.74 Å². The summed E-state index contributed by atoms with van der Waals surface area (Å²) in [6, 6.07) is 1.26. The van der Waals surface area contributed by atoms with Crippen LogP contribution in [-0.2, 0) is 4.74 Å². The Bertz CT molecular complexity index is 236. The molecule has 16 heavy (non-hydrogen) atoms. The average Bonchev–Trinajstić information content (AvgIpc) is 2.66. The van der Waals surface area contributed by atoms with E-state index in [2.05, 4.69) is 37.9 Å². The minimum absolute atomic E-state index is 0.269. The molecule has 0 aromatic carbocycles. The lowest BCUT2D eigenvalue weighted by atomic mass is 9.89. The number of ether oxygens (including phenoxy) is 1. The second-order valence-electron chi connectivity index (χ2n) is 6.07. The molecule has 0 amide bonds. The maximum absolute atomic E-state index is 5.61. The first kappa shape index (κ1) is 12.3. The van der Waals surface area contributed by atoms with Crippen molar-refractivity contribution < 1.29 is 4.74 Å². The first-order chi connectivity index (χ1) is 7.53. The summed E-state index contributed by atoms with van der Waals surface area (Å²) in [7, 11) is 0. The zero-order valence-corrected chi connectivity index (χ0v) is 11.1. The highest BCUT2D eigenvalue weighted by Gasteiger charge is 2.42. The lowest BCUT2D eigenvalue weighted by molar-refractivity contribution is -0.00269. The van der Waals surface area contributed by atoms with E-state index in [0.29, 0.717) is 18.0 Å². The lowest BCUT2D eigenvalue weighted by Gasteiger charge is -2.49. The predicted molar refractivity (Wildman–Crippen MR) is 66.6 cm³/mol. The molecule has 2 saturated heterocycles. The van der Waals surface area contributed by atoms with E-state index in [1.165, 1.54) is 6.42 Å². The van der Waals surface area contributed by atoms with Gasteiger partial charge in [0.15, 0.2) is 0 Å². The third-order valence-electron chi connectivity index (χ3n) is 4.21. The monoisotopic (exact) mass is 226 g/mol. The molecular formula is C13H26N2O. The van der Waals surface area contributed by atoms with E-state index < -0.39 is 0 Å². The zero-order chi connectivity index (χ0) is 11.8. The van der Waals surface area contributed by atoms with Crippen molar-refractivity contribution in [3.8, 4) is 0 Å². The fourth-order valence-corrected chi connectivity index (χ4v) is 3.03. The standard InChI is InChI=1S/C13H26N2O/c1-10(2)12-7-14-11(3)8-15(12)13(4)5-6-16-9-13/h10-12,14H,5-9H2,1-4H3. The fourth-order valence-electron chi connectivity index (χ4n) is 3.03. The Kier molecular flexibility index (Phi) is 3.57. The Morgan fingerprint density at radius 2 is 2.19 bits per heavy atom. The van der Waals surface area contributed by atoms with E-state index in [9.17, 15) is 0 Å². The number of hydrogen-bond acceptors (Lipinski definition) is 3. The number of hydrogen-bond donors (Lipinski definition) is 1. The first-order valence-electron chi connectivity index (χ1n) is 6.61. The molecule has 94 valence electrons. The van der Waals surface area contributed by atoms with Gasteiger partial charge in [0.1, 0.15) is 0 Å². The topological polar surface area (TPSA) is 24.5 Å². The van der Waals surface area contributed by atoms with Crippen molar-refractivity contribution >= 4 is 0 Å². The molecule has 2 heterocycles. The van der Waals surface area contributed by atoms with Crippen molar-refractivity contribution in [3.63, 3.8) is 0 Å². The molecule has 0 saturated carbocycles. The van der Waals surface area contributed by atoms with Gasteiger partial charge in [-0.15, -0.1) is 0 Å². The van der Waals surface area contributed by atoms with Crippen molar-refractivity contribution in [2.45, 2.75) is 51.7 Å². The maximum atomic E-state index is 5.61. The van der Waals surface area contributed by atoms with Gasteiger partial charge in [-0.05, 0) is 26.2 Å². The molecule has 2 fully saturated rings. The van der Waals surface area contributed by atoms with Crippen molar-refractivity contribution in [1.82, 2.24) is 10.2 Å². The molecule has 0 spiro atoms. The molecule has 3 atom stereocenters. The highest BCUT2D eigenvalue weighted by atomic mass is 16.5. The molecule has 3 nitrogen and oxygen atoms in total. The van der Waals surface area contributed by atoms with E-state index >= 15 is 0 Å². The number of nitrogens with zero attached hydrogens (tertiary/aromatic N) is 1. The molecule has 2 aliphatic heterocycles. The van der Waals surface area contributed by atoms with Gasteiger partial charge in [-0.1, -0.05) is 13.8 Å². The van der Waals surface area contributed by atoms with Crippen LogP contribution < -0.4 is 5.32 Å². The maximum Gasteiger partial charge on any atom is 0.0648 e. The van der Waals surface area contributed by atoms with Crippen molar-refractivity contribution in [3.05, 3.63) is 0 Å². The SMILES string of the molecule is CC1CN(C2(C)CCOC2)C(C(C)C)CN1. The van der Waals surface area contributed by atoms with Gasteiger partial charge in [0.05, 0.1) is 6.61 Å². The summed E-state index contributed by atoms with van der Waals surface area (Å²) in [4.78, 5) is 2.70. The van der Waals surface area contributed by atoms with Crippen LogP contribution in [0.25, 0.3) is 0 Å². The quantitative estimate of drug-likeness (QED) is 0.772. The van der Waals surface area contributed by atoms with Crippen LogP contribution >= 0.6 is 0 Å². The second-order valence-corrected chi connectivity index (χ2v) is 6.07. The largest absolute Gasteiger partial charge is 0.379 e. The molecule has 2 aliphatic rings. The van der Waals surface area contributed by atoms with Gasteiger partial charge in [0, 0.05) is 37.3 Å². The van der Waals surface area contributed by atoms with Crippen LogP contribution in [0.15, 0.2) is 0 Å². The van der Waals surface area contributed by atoms with Crippen molar-refractivity contribution in [2.24, 2.45) is 5.92 Å². The van der Waals surface area contributed by atoms with Gasteiger partial charge in [-0.3, -0.25) is 4.90 Å². The van der Waals surface area contributed by atoms with E-state index in [1.807, 2.05) is 0 Å². The number of piperazine rings is 1. The Morgan fingerprint density at radius 1 is 1.44 bits per heavy atom. The smallest absolute Gasteiger partial charge is 0.0648 e. The van der Waals surface area contributed by atoms with E-state index in [0.717, 1.165) is 26.3 Å². The van der Waals surface area contributed by atoms with Crippen LogP contribution in [0.3, 0.4) is 0 Å². The molecule has 3 heteroatoms. The van der Waals surface area contributed by atoms with E-state index in [-0.39, 0.29) is 5.54 Å². The van der Waals surface area contributed by atoms with Crippen molar-refractivity contribution in [1.29, 1.82) is 0 Å². The molecular weight excluding hydrogens is 200 g/mol. The van der Waals surface area contributed by atoms with Crippen molar-refractivity contribution in [2.75, 3.05) is 26.3 Å². The molecule has 0 aliphatic carbocycles. The molecule has 0 radical (unpaired) electrons. The first-order valence-corrected chi connectivity index (χ1v) is 6.61. The van der Waals surface area contributed by atoms with Gasteiger partial charge in [0.2, 0.25) is 0 Å². The van der Waals surface area contributed by atoms with Crippen LogP contribution in [0.2, 0.25) is 0 Å². The minimum atomic E-state index is 0.269. The third kappa shape index (κ3) is 2.27. The van der Waals surface area contributed by atoms with Gasteiger partial charge >= 0.3 is 0 Å². The molecule has 2 rings (SSSR count). The normalized spacial score (nSPS) is 41.8. The highest BCUT2D eigenvalue weighted by molar-refractivity contribution is 4.98. The summed E-state index contributed by atoms with van der Waals surface area (Å²) in [6.45, 7) is 13.4. The number of rotatable bonds is 2. The molecule has 3 unspecified atom stereocenters. The minimum Gasteiger partial charge on any atom is -0.379 e. The summed E-state index contributed by atoms with van der Waals surface area (Å²) < 4.78 is 5.61. The zero-order valence-electron chi connectivity index (χ0n) is 11.1. The second kappa shape index (κ2) is 4.63. The predicted octanol–water partition coefficient (Wildman–Crippen LogP) is 1.48. The molecule has 0 bridgehead atoms. The summed E-state index contributed by atoms with van der Waals surface area (Å²) >= 11 is 0. The van der Waals surface area contributed by atoms with Gasteiger partial charge in [-0.25, -0.2) is 0 Å². The number of nitrogens with one attached hydrogen (secondary N) is 1. The van der Waals surface area contributed by atoms with E-state index in [1.54, 1.807) is 0 Å². The lowest BCUT2D eigenvalue weighted by Crippen LogP contribution is -2.64. The summed E-state index contributed by atoms with van der Waals surface area (Å²) in [5.41, 5.74) is 0.269. The third-order valence-corrected chi connectivity index (χ3v) is 4.21. The Labute approximate surface area is 99.5 Å². The highest BCUT2D eigenvalue weighted by Crippen LogP contribution is 2.31. The summed E-state index contributed by atoms with van der Waals surface area (Å²) in [6.07, 6.45) is 1.18. The fraction of sp³-hybridized carbons (Fsp3) is 1.00. The average molecular weight is 226 g/mol. The molecule has 0 aromatic rings. The Balaban J connectivity index is 2.13. The van der Waals surface area contributed by atoms with Crippen LogP contribution in [0.5, 0.6) is 0 Å². The summed E-state index contributed by atoms with van der Waals surface area (Å²) in [5, 5.41) is 3.60. The van der Waals surface area contributed by atoms with Crippen LogP contribution in [0.4, 0.5) is 0 Å².